The molecule has 3 heterocycles. The quantitative estimate of drug-likeness (QED) is 0.214. The van der Waals surface area contributed by atoms with Gasteiger partial charge in [-0.1, -0.05) is 84.9 Å². The van der Waals surface area contributed by atoms with Gasteiger partial charge in [0.25, 0.3) is 0 Å². The molecule has 3 aromatic heterocycles. The molecule has 4 nitrogen and oxygen atoms in total. The highest BCUT2D eigenvalue weighted by molar-refractivity contribution is 7.26. The summed E-state index contributed by atoms with van der Waals surface area (Å²) in [6, 6.07) is 44.7. The highest BCUT2D eigenvalue weighted by Crippen LogP contribution is 2.42. The van der Waals surface area contributed by atoms with Crippen molar-refractivity contribution >= 4 is 75.0 Å². The minimum atomic E-state index is 0.374. The van der Waals surface area contributed by atoms with Crippen LogP contribution in [-0.2, 0) is 0 Å². The lowest BCUT2D eigenvalue weighted by Crippen LogP contribution is -2.03. The minimum absolute atomic E-state index is 0.374. The van der Waals surface area contributed by atoms with Crippen molar-refractivity contribution in [1.82, 2.24) is 14.5 Å². The van der Waals surface area contributed by atoms with E-state index in [4.69, 9.17) is 9.97 Å². The molecule has 0 amide bonds. The number of thiophene rings is 1. The number of aromatic nitrogens is 3. The number of hydrogen-bond donors (Lipinski definition) is 0. The van der Waals surface area contributed by atoms with Crippen LogP contribution in [0.25, 0.3) is 80.7 Å². The van der Waals surface area contributed by atoms with Crippen LogP contribution in [0.3, 0.4) is 0 Å². The second-order valence-corrected chi connectivity index (χ2v) is 11.6. The van der Waals surface area contributed by atoms with Gasteiger partial charge in [-0.3, -0.25) is 4.57 Å². The summed E-state index contributed by atoms with van der Waals surface area (Å²) in [5, 5.41) is 18.0. The molecule has 9 aromatic rings. The van der Waals surface area contributed by atoms with Gasteiger partial charge in [0.15, 0.2) is 5.69 Å². The topological polar surface area (TPSA) is 54.5 Å². The fraction of sp³-hybridized carbons (Fsp3) is 0. The Kier molecular flexibility index (Phi) is 4.81. The van der Waals surface area contributed by atoms with Crippen LogP contribution in [0.2, 0.25) is 0 Å². The first kappa shape index (κ1) is 23.2. The molecule has 42 heavy (non-hydrogen) atoms. The molecule has 0 aliphatic rings. The van der Waals surface area contributed by atoms with Crippen molar-refractivity contribution in [3.05, 3.63) is 127 Å². The van der Waals surface area contributed by atoms with Crippen LogP contribution in [0.1, 0.15) is 5.69 Å². The predicted octanol–water partition coefficient (Wildman–Crippen LogP) is 9.79. The minimum Gasteiger partial charge on any atom is -0.278 e. The molecule has 0 N–H and O–H groups in total. The zero-order valence-corrected chi connectivity index (χ0v) is 23.1. The summed E-state index contributed by atoms with van der Waals surface area (Å²) in [6.07, 6.45) is 0. The van der Waals surface area contributed by atoms with Gasteiger partial charge in [0, 0.05) is 36.3 Å². The third-order valence-corrected chi connectivity index (χ3v) is 9.49. The van der Waals surface area contributed by atoms with Gasteiger partial charge in [-0.15, -0.1) is 11.3 Å². The fourth-order valence-electron chi connectivity index (χ4n) is 6.40. The zero-order valence-electron chi connectivity index (χ0n) is 22.2. The number of nitrogens with zero attached hydrogens (tertiary/aromatic N) is 4. The van der Waals surface area contributed by atoms with E-state index in [0.29, 0.717) is 11.6 Å². The number of rotatable bonds is 2. The van der Waals surface area contributed by atoms with E-state index in [1.165, 1.54) is 42.1 Å². The van der Waals surface area contributed by atoms with Gasteiger partial charge >= 0.3 is 0 Å². The molecule has 0 unspecified atom stereocenters. The Labute approximate surface area is 244 Å². The molecule has 9 rings (SSSR count). The van der Waals surface area contributed by atoms with Gasteiger partial charge in [0.2, 0.25) is 5.95 Å². The van der Waals surface area contributed by atoms with Crippen LogP contribution in [0, 0.1) is 11.3 Å². The van der Waals surface area contributed by atoms with E-state index in [-0.39, 0.29) is 0 Å². The molecular formula is C37H20N4S. The molecule has 6 aromatic carbocycles. The van der Waals surface area contributed by atoms with Crippen LogP contribution >= 0.6 is 11.3 Å². The van der Waals surface area contributed by atoms with Crippen LogP contribution in [-0.4, -0.2) is 14.5 Å². The maximum Gasteiger partial charge on any atom is 0.236 e. The third-order valence-electron chi connectivity index (χ3n) is 8.27. The average Bonchev–Trinajstić information content (AvgIpc) is 3.60. The van der Waals surface area contributed by atoms with E-state index >= 15 is 0 Å². The molecule has 5 heteroatoms. The molecule has 0 saturated carbocycles. The van der Waals surface area contributed by atoms with E-state index in [0.717, 1.165) is 32.7 Å². The first-order valence-electron chi connectivity index (χ1n) is 13.8. The smallest absolute Gasteiger partial charge is 0.236 e. The maximum atomic E-state index is 9.98. The van der Waals surface area contributed by atoms with Gasteiger partial charge in [-0.2, -0.15) is 5.26 Å². The van der Waals surface area contributed by atoms with Crippen molar-refractivity contribution < 1.29 is 0 Å². The summed E-state index contributed by atoms with van der Waals surface area (Å²) in [6.45, 7) is 0. The largest absolute Gasteiger partial charge is 0.278 e. The van der Waals surface area contributed by atoms with Gasteiger partial charge in [0.1, 0.15) is 6.07 Å². The number of para-hydroxylation sites is 1. The standard InChI is InChI=1S/C37H20N4S/c38-21-31-28-11-3-5-14-30(28)39-37(40-31)41-32-18-17-23(20-29(32)35-24-9-2-1-8-22(24)16-19-33(35)41)25-12-7-13-27-26-10-4-6-15-34(26)42-36(25)27/h1-20H. The lowest BCUT2D eigenvalue weighted by atomic mass is 9.99. The van der Waals surface area contributed by atoms with Gasteiger partial charge in [-0.25, -0.2) is 9.97 Å². The summed E-state index contributed by atoms with van der Waals surface area (Å²) in [4.78, 5) is 9.74. The number of nitriles is 1. The van der Waals surface area contributed by atoms with Crippen molar-refractivity contribution in [2.24, 2.45) is 0 Å². The molecule has 0 spiro atoms. The SMILES string of the molecule is N#Cc1nc(-n2c3ccc(-c4cccc5c4sc4ccccc45)cc3c3c4ccccc4ccc32)nc2ccccc12. The third kappa shape index (κ3) is 3.21. The van der Waals surface area contributed by atoms with E-state index in [1.807, 2.05) is 35.6 Å². The van der Waals surface area contributed by atoms with Crippen molar-refractivity contribution in [2.75, 3.05) is 0 Å². The Morgan fingerprint density at radius 1 is 0.619 bits per heavy atom. The molecule has 0 atom stereocenters. The Hall–Kier alpha value is -5.57. The predicted molar refractivity (Wildman–Crippen MR) is 174 cm³/mol. The van der Waals surface area contributed by atoms with Crippen LogP contribution in [0.15, 0.2) is 121 Å². The normalized spacial score (nSPS) is 11.8. The molecule has 0 aliphatic carbocycles. The maximum absolute atomic E-state index is 9.98. The molecule has 0 saturated heterocycles. The highest BCUT2D eigenvalue weighted by atomic mass is 32.1. The lowest BCUT2D eigenvalue weighted by Gasteiger charge is -2.09. The molecule has 0 aliphatic heterocycles. The summed E-state index contributed by atoms with van der Waals surface area (Å²) < 4.78 is 4.70. The van der Waals surface area contributed by atoms with E-state index in [1.54, 1.807) is 0 Å². The molecular weight excluding hydrogens is 533 g/mol. The summed E-state index contributed by atoms with van der Waals surface area (Å²) in [7, 11) is 0. The van der Waals surface area contributed by atoms with Crippen LogP contribution in [0.5, 0.6) is 0 Å². The van der Waals surface area contributed by atoms with Crippen LogP contribution < -0.4 is 0 Å². The van der Waals surface area contributed by atoms with E-state index < -0.39 is 0 Å². The van der Waals surface area contributed by atoms with Gasteiger partial charge in [0.05, 0.1) is 16.6 Å². The van der Waals surface area contributed by atoms with Gasteiger partial charge < -0.3 is 0 Å². The number of fused-ring (bicyclic) bond motifs is 9. The van der Waals surface area contributed by atoms with E-state index in [2.05, 4.69) is 108 Å². The Balaban J connectivity index is 1.39. The van der Waals surface area contributed by atoms with Crippen molar-refractivity contribution in [1.29, 1.82) is 5.26 Å². The first-order valence-corrected chi connectivity index (χ1v) is 14.6. The molecule has 0 fully saturated rings. The Morgan fingerprint density at radius 2 is 1.38 bits per heavy atom. The van der Waals surface area contributed by atoms with Gasteiger partial charge in [-0.05, 0) is 58.3 Å². The zero-order chi connectivity index (χ0) is 27.8. The molecule has 194 valence electrons. The lowest BCUT2D eigenvalue weighted by molar-refractivity contribution is 1.00. The number of benzene rings is 6. The first-order chi connectivity index (χ1) is 20.8. The monoisotopic (exact) mass is 552 g/mol. The Morgan fingerprint density at radius 3 is 2.29 bits per heavy atom. The summed E-state index contributed by atoms with van der Waals surface area (Å²) in [5.41, 5.74) is 5.55. The van der Waals surface area contributed by atoms with Crippen molar-refractivity contribution in [2.45, 2.75) is 0 Å². The molecule has 0 bridgehead atoms. The second-order valence-electron chi connectivity index (χ2n) is 10.5. The molecule has 0 radical (unpaired) electrons. The summed E-state index contributed by atoms with van der Waals surface area (Å²) in [5.74, 6) is 0.500. The van der Waals surface area contributed by atoms with Crippen LogP contribution in [0.4, 0.5) is 0 Å². The second kappa shape index (κ2) is 8.71. The van der Waals surface area contributed by atoms with E-state index in [9.17, 15) is 5.26 Å². The number of hydrogen-bond acceptors (Lipinski definition) is 4. The highest BCUT2D eigenvalue weighted by Gasteiger charge is 2.19. The fourth-order valence-corrected chi connectivity index (χ4v) is 7.64. The Bertz CT molecular complexity index is 2600. The summed E-state index contributed by atoms with van der Waals surface area (Å²) >= 11 is 1.85. The van der Waals surface area contributed by atoms with Crippen molar-refractivity contribution in [3.8, 4) is 23.1 Å². The van der Waals surface area contributed by atoms with Crippen molar-refractivity contribution in [3.63, 3.8) is 0 Å². The average molecular weight is 553 g/mol.